The number of fused-ring (bicyclic) bond motifs is 2. The number of rotatable bonds is 4. The number of ether oxygens (including phenoxy) is 3. The molecule has 3 N–H and O–H groups in total. The lowest BCUT2D eigenvalue weighted by Crippen LogP contribution is -2.62. The van der Waals surface area contributed by atoms with Crippen LogP contribution in [0.4, 0.5) is 14.9 Å². The number of nitrogens with one attached hydrogen (secondary N) is 2. The fraction of sp³-hybridized carbons (Fsp3) is 0.316. The fourth-order valence-corrected chi connectivity index (χ4v) is 3.20. The fourth-order valence-electron chi connectivity index (χ4n) is 3.20. The van der Waals surface area contributed by atoms with Gasteiger partial charge in [0.2, 0.25) is 0 Å². The van der Waals surface area contributed by atoms with Crippen molar-refractivity contribution in [3.63, 3.8) is 0 Å². The average Bonchev–Trinajstić information content (AvgIpc) is 3.11. The number of anilines is 1. The average molecular weight is 374 g/mol. The van der Waals surface area contributed by atoms with E-state index in [1.807, 2.05) is 18.2 Å². The van der Waals surface area contributed by atoms with E-state index in [0.29, 0.717) is 11.4 Å². The molecule has 2 aliphatic rings. The second-order valence-corrected chi connectivity index (χ2v) is 6.39. The van der Waals surface area contributed by atoms with E-state index in [4.69, 9.17) is 14.2 Å². The predicted molar refractivity (Wildman–Crippen MR) is 93.8 cm³/mol. The van der Waals surface area contributed by atoms with Crippen LogP contribution in [0.25, 0.3) is 0 Å². The van der Waals surface area contributed by atoms with E-state index in [9.17, 15) is 14.3 Å². The Hall–Kier alpha value is -2.68. The summed E-state index contributed by atoms with van der Waals surface area (Å²) < 4.78 is 30.1. The summed E-state index contributed by atoms with van der Waals surface area (Å²) in [6.45, 7) is 0.234. The molecule has 2 aliphatic heterocycles. The monoisotopic (exact) mass is 374 g/mol. The van der Waals surface area contributed by atoms with Gasteiger partial charge in [-0.15, -0.1) is 0 Å². The highest BCUT2D eigenvalue weighted by molar-refractivity contribution is 5.89. The molecular weight excluding hydrogens is 355 g/mol. The molecule has 0 aliphatic carbocycles. The topological polar surface area (TPSA) is 89.1 Å². The number of hydrogen-bond acceptors (Lipinski definition) is 5. The Morgan fingerprint density at radius 1 is 1.15 bits per heavy atom. The number of hydrogen-bond donors (Lipinski definition) is 3. The standard InChI is InChI=1S/C19H19FN2O5/c20-11-6-8-12(9-7-11)21-19(24)22-15-14-10-25-18(27-14)17(16(15)23)26-13-4-2-1-3-5-13/h1-9,14-18,23H,10H2,(H2,21,22,24)/t14-,15+,16-,17-,18+/m0/s1. The van der Waals surface area contributed by atoms with E-state index in [0.717, 1.165) is 0 Å². The molecule has 27 heavy (non-hydrogen) atoms. The second-order valence-electron chi connectivity index (χ2n) is 6.39. The van der Waals surface area contributed by atoms with E-state index in [2.05, 4.69) is 10.6 Å². The van der Waals surface area contributed by atoms with Gasteiger partial charge in [-0.1, -0.05) is 18.2 Å². The van der Waals surface area contributed by atoms with Crippen molar-refractivity contribution in [3.8, 4) is 5.75 Å². The van der Waals surface area contributed by atoms with Crippen LogP contribution in [0.5, 0.6) is 5.75 Å². The number of aliphatic hydroxyl groups excluding tert-OH is 1. The number of carbonyl (C=O) groups excluding carboxylic acids is 1. The van der Waals surface area contributed by atoms with Crippen LogP contribution in [0, 0.1) is 5.82 Å². The molecule has 0 aromatic heterocycles. The van der Waals surface area contributed by atoms with E-state index in [1.54, 1.807) is 12.1 Å². The van der Waals surface area contributed by atoms with Crippen LogP contribution in [-0.2, 0) is 9.47 Å². The van der Waals surface area contributed by atoms with Crippen molar-refractivity contribution in [1.29, 1.82) is 0 Å². The number of amides is 2. The molecule has 0 unspecified atom stereocenters. The van der Waals surface area contributed by atoms with E-state index < -0.39 is 42.5 Å². The summed E-state index contributed by atoms with van der Waals surface area (Å²) in [5, 5.41) is 16.0. The van der Waals surface area contributed by atoms with Crippen molar-refractivity contribution in [1.82, 2.24) is 5.32 Å². The third-order valence-electron chi connectivity index (χ3n) is 4.52. The van der Waals surface area contributed by atoms with Crippen molar-refractivity contribution in [3.05, 3.63) is 60.4 Å². The molecule has 7 nitrogen and oxygen atoms in total. The molecule has 142 valence electrons. The van der Waals surface area contributed by atoms with E-state index in [1.165, 1.54) is 24.3 Å². The molecule has 0 saturated carbocycles. The van der Waals surface area contributed by atoms with Crippen molar-refractivity contribution >= 4 is 11.7 Å². The van der Waals surface area contributed by atoms with Crippen molar-refractivity contribution in [2.24, 2.45) is 0 Å². The SMILES string of the molecule is O=C(Nc1ccc(F)cc1)N[C@H]1[C@H](O)[C@H](Oc2ccccc2)[C@@H]2OC[C@@H]1O2. The summed E-state index contributed by atoms with van der Waals surface area (Å²) in [5.41, 5.74) is 0.428. The molecule has 0 spiro atoms. The summed E-state index contributed by atoms with van der Waals surface area (Å²) in [5.74, 6) is 0.167. The number of urea groups is 1. The first kappa shape index (κ1) is 17.7. The Balaban J connectivity index is 1.43. The lowest BCUT2D eigenvalue weighted by molar-refractivity contribution is -0.192. The first-order valence-corrected chi connectivity index (χ1v) is 8.60. The van der Waals surface area contributed by atoms with Gasteiger partial charge in [0.25, 0.3) is 0 Å². The maximum Gasteiger partial charge on any atom is 0.319 e. The Morgan fingerprint density at radius 3 is 2.63 bits per heavy atom. The Bertz CT molecular complexity index is 788. The Labute approximate surface area is 155 Å². The largest absolute Gasteiger partial charge is 0.482 e. The van der Waals surface area contributed by atoms with Gasteiger partial charge in [0, 0.05) is 5.69 Å². The van der Waals surface area contributed by atoms with Crippen LogP contribution in [-0.4, -0.2) is 48.4 Å². The third kappa shape index (κ3) is 3.87. The molecular formula is C19H19FN2O5. The lowest BCUT2D eigenvalue weighted by Gasteiger charge is -2.38. The molecule has 4 rings (SSSR count). The number of para-hydroxylation sites is 1. The molecule has 0 radical (unpaired) electrons. The van der Waals surface area contributed by atoms with Crippen LogP contribution in [0.3, 0.4) is 0 Å². The summed E-state index contributed by atoms with van der Waals surface area (Å²) in [6, 6.07) is 13.1. The quantitative estimate of drug-likeness (QED) is 0.761. The maximum absolute atomic E-state index is 13.0. The van der Waals surface area contributed by atoms with Gasteiger partial charge < -0.3 is 30.0 Å². The summed E-state index contributed by atoms with van der Waals surface area (Å²) in [6.07, 6.45) is -3.01. The Morgan fingerprint density at radius 2 is 1.89 bits per heavy atom. The molecule has 8 heteroatoms. The normalized spacial score (nSPS) is 29.2. The van der Waals surface area contributed by atoms with Crippen LogP contribution in [0.15, 0.2) is 54.6 Å². The number of benzene rings is 2. The zero-order valence-electron chi connectivity index (χ0n) is 14.2. The Kier molecular flexibility index (Phi) is 4.93. The summed E-state index contributed by atoms with van der Waals surface area (Å²) in [4.78, 5) is 12.3. The highest BCUT2D eigenvalue weighted by atomic mass is 19.1. The first-order valence-electron chi connectivity index (χ1n) is 8.60. The van der Waals surface area contributed by atoms with Gasteiger partial charge in [0.15, 0.2) is 12.4 Å². The maximum atomic E-state index is 13.0. The van der Waals surface area contributed by atoms with Crippen molar-refractivity contribution in [2.45, 2.75) is 30.6 Å². The number of carbonyl (C=O) groups is 1. The number of halogens is 1. The van der Waals surface area contributed by atoms with Gasteiger partial charge in [-0.2, -0.15) is 0 Å². The molecule has 5 atom stereocenters. The zero-order valence-corrected chi connectivity index (χ0v) is 14.2. The third-order valence-corrected chi connectivity index (χ3v) is 4.52. The lowest BCUT2D eigenvalue weighted by atomic mass is 9.98. The number of aliphatic hydroxyl groups is 1. The summed E-state index contributed by atoms with van der Waals surface area (Å²) >= 11 is 0. The molecule has 2 fully saturated rings. The molecule has 2 heterocycles. The van der Waals surface area contributed by atoms with Crippen LogP contribution < -0.4 is 15.4 Å². The minimum absolute atomic E-state index is 0.234. The minimum Gasteiger partial charge on any atom is -0.482 e. The molecule has 2 amide bonds. The van der Waals surface area contributed by atoms with Gasteiger partial charge in [-0.25, -0.2) is 9.18 Å². The highest BCUT2D eigenvalue weighted by Crippen LogP contribution is 2.31. The van der Waals surface area contributed by atoms with Crippen molar-refractivity contribution < 1.29 is 28.5 Å². The van der Waals surface area contributed by atoms with E-state index in [-0.39, 0.29) is 6.61 Å². The molecule has 2 bridgehead atoms. The highest BCUT2D eigenvalue weighted by Gasteiger charge is 2.52. The minimum atomic E-state index is -1.03. The van der Waals surface area contributed by atoms with Crippen LogP contribution in [0.2, 0.25) is 0 Å². The summed E-state index contributed by atoms with van der Waals surface area (Å²) in [7, 11) is 0. The second kappa shape index (κ2) is 7.51. The van der Waals surface area contributed by atoms with E-state index >= 15 is 0 Å². The smallest absolute Gasteiger partial charge is 0.319 e. The van der Waals surface area contributed by atoms with Crippen molar-refractivity contribution in [2.75, 3.05) is 11.9 Å². The van der Waals surface area contributed by atoms with Gasteiger partial charge in [0.05, 0.1) is 12.6 Å². The molecule has 2 saturated heterocycles. The molecule has 2 aromatic carbocycles. The predicted octanol–water partition coefficient (Wildman–Crippen LogP) is 1.88. The van der Waals surface area contributed by atoms with Crippen LogP contribution in [0.1, 0.15) is 0 Å². The zero-order chi connectivity index (χ0) is 18.8. The van der Waals surface area contributed by atoms with Gasteiger partial charge in [-0.3, -0.25) is 0 Å². The van der Waals surface area contributed by atoms with Gasteiger partial charge >= 0.3 is 6.03 Å². The van der Waals surface area contributed by atoms with Crippen LogP contribution >= 0.6 is 0 Å². The van der Waals surface area contributed by atoms with Gasteiger partial charge in [0.1, 0.15) is 23.8 Å². The first-order chi connectivity index (χ1) is 13.1. The van der Waals surface area contributed by atoms with Gasteiger partial charge in [-0.05, 0) is 36.4 Å². The molecule has 2 aromatic rings.